The number of aryl methyl sites for hydroxylation is 1. The summed E-state index contributed by atoms with van der Waals surface area (Å²) in [6.45, 7) is 6.04. The van der Waals surface area contributed by atoms with Gasteiger partial charge in [0.2, 0.25) is 11.1 Å². The first-order chi connectivity index (χ1) is 15.1. The highest BCUT2D eigenvalue weighted by Gasteiger charge is 2.34. The number of unbranched alkanes of at least 4 members (excludes halogenated alkanes) is 1. The normalized spacial score (nSPS) is 15.4. The average Bonchev–Trinajstić information content (AvgIpc) is 3.17. The van der Waals surface area contributed by atoms with Gasteiger partial charge in [-0.1, -0.05) is 49.4 Å². The summed E-state index contributed by atoms with van der Waals surface area (Å²) in [5, 5.41) is 11.8. The fourth-order valence-electron chi connectivity index (χ4n) is 3.54. The van der Waals surface area contributed by atoms with E-state index >= 15 is 0 Å². The number of carbonyl (C=O) groups is 1. The number of pyridine rings is 1. The van der Waals surface area contributed by atoms with Gasteiger partial charge in [-0.05, 0) is 43.5 Å². The Morgan fingerprint density at radius 1 is 1.23 bits per heavy atom. The van der Waals surface area contributed by atoms with Crippen molar-refractivity contribution >= 4 is 29.3 Å². The average molecular weight is 435 g/mol. The third-order valence-corrected chi connectivity index (χ3v) is 6.12. The molecule has 31 heavy (non-hydrogen) atoms. The van der Waals surface area contributed by atoms with Crippen molar-refractivity contribution in [3.05, 3.63) is 71.2 Å². The summed E-state index contributed by atoms with van der Waals surface area (Å²) in [5.41, 5.74) is 4.03. The number of hydrogen-bond donors (Lipinski definition) is 2. The number of amides is 1. The highest BCUT2D eigenvalue weighted by molar-refractivity contribution is 7.99. The van der Waals surface area contributed by atoms with E-state index in [0.29, 0.717) is 16.7 Å². The van der Waals surface area contributed by atoms with E-state index in [1.807, 2.05) is 50.2 Å². The van der Waals surface area contributed by atoms with E-state index in [0.717, 1.165) is 41.1 Å². The van der Waals surface area contributed by atoms with Crippen molar-refractivity contribution in [2.75, 3.05) is 16.4 Å². The zero-order valence-corrected chi connectivity index (χ0v) is 18.7. The molecular weight excluding hydrogens is 408 g/mol. The number of allylic oxidation sites excluding steroid dienone is 1. The van der Waals surface area contributed by atoms with E-state index in [9.17, 15) is 4.79 Å². The minimum atomic E-state index is -0.415. The van der Waals surface area contributed by atoms with E-state index in [4.69, 9.17) is 5.10 Å². The lowest BCUT2D eigenvalue weighted by molar-refractivity contribution is -0.113. The van der Waals surface area contributed by atoms with Crippen LogP contribution in [0.4, 0.5) is 11.6 Å². The van der Waals surface area contributed by atoms with Gasteiger partial charge in [0.25, 0.3) is 5.91 Å². The second-order valence-electron chi connectivity index (χ2n) is 7.49. The molecule has 7 nitrogen and oxygen atoms in total. The van der Waals surface area contributed by atoms with Gasteiger partial charge in [0.05, 0.1) is 5.57 Å². The third-order valence-electron chi connectivity index (χ3n) is 5.20. The highest BCUT2D eigenvalue weighted by atomic mass is 32.2. The number of carbonyl (C=O) groups excluding carboxylic acids is 1. The molecule has 0 saturated carbocycles. The molecule has 1 atom stereocenters. The van der Waals surface area contributed by atoms with E-state index in [-0.39, 0.29) is 5.91 Å². The molecule has 1 unspecified atom stereocenters. The molecule has 160 valence electrons. The molecule has 2 aromatic heterocycles. The Labute approximate surface area is 186 Å². The second kappa shape index (κ2) is 9.34. The smallest absolute Gasteiger partial charge is 0.255 e. The summed E-state index contributed by atoms with van der Waals surface area (Å²) < 4.78 is 1.80. The number of aromatic nitrogens is 4. The van der Waals surface area contributed by atoms with Crippen LogP contribution < -0.4 is 10.6 Å². The molecule has 1 aliphatic heterocycles. The van der Waals surface area contributed by atoms with E-state index < -0.39 is 6.04 Å². The van der Waals surface area contributed by atoms with Gasteiger partial charge < -0.3 is 10.6 Å². The summed E-state index contributed by atoms with van der Waals surface area (Å²) in [4.78, 5) is 22.4. The van der Waals surface area contributed by atoms with E-state index in [2.05, 4.69) is 27.5 Å². The molecule has 0 bridgehead atoms. The molecular formula is C23H26N6OS. The molecule has 0 spiro atoms. The molecule has 4 rings (SSSR count). The van der Waals surface area contributed by atoms with Crippen molar-refractivity contribution in [3.63, 3.8) is 0 Å². The molecule has 0 radical (unpaired) electrons. The topological polar surface area (TPSA) is 84.7 Å². The summed E-state index contributed by atoms with van der Waals surface area (Å²) in [6.07, 6.45) is 5.73. The maximum absolute atomic E-state index is 13.4. The van der Waals surface area contributed by atoms with Crippen molar-refractivity contribution in [1.29, 1.82) is 0 Å². The van der Waals surface area contributed by atoms with E-state index in [1.54, 1.807) is 28.8 Å². The van der Waals surface area contributed by atoms with Crippen molar-refractivity contribution < 1.29 is 4.79 Å². The van der Waals surface area contributed by atoms with Gasteiger partial charge in [-0.15, -0.1) is 5.10 Å². The molecule has 1 amide bonds. The van der Waals surface area contributed by atoms with Gasteiger partial charge in [-0.2, -0.15) is 4.98 Å². The second-order valence-corrected chi connectivity index (χ2v) is 8.55. The van der Waals surface area contributed by atoms with Crippen LogP contribution in [0.1, 0.15) is 43.9 Å². The number of benzene rings is 1. The van der Waals surface area contributed by atoms with Gasteiger partial charge in [0, 0.05) is 29.5 Å². The molecule has 8 heteroatoms. The first-order valence-electron chi connectivity index (χ1n) is 10.4. The van der Waals surface area contributed by atoms with Crippen LogP contribution in [0.3, 0.4) is 0 Å². The fourth-order valence-corrected chi connectivity index (χ4v) is 4.46. The minimum Gasteiger partial charge on any atom is -0.328 e. The molecule has 1 aliphatic rings. The lowest BCUT2D eigenvalue weighted by atomic mass is 9.96. The Kier molecular flexibility index (Phi) is 6.36. The number of fused-ring (bicyclic) bond motifs is 1. The number of thioether (sulfide) groups is 1. The molecule has 0 aliphatic carbocycles. The van der Waals surface area contributed by atoms with Crippen LogP contribution in [0.2, 0.25) is 0 Å². The maximum atomic E-state index is 13.4. The van der Waals surface area contributed by atoms with Crippen molar-refractivity contribution in [2.24, 2.45) is 0 Å². The Morgan fingerprint density at radius 3 is 2.81 bits per heavy atom. The van der Waals surface area contributed by atoms with Gasteiger partial charge in [-0.3, -0.25) is 9.78 Å². The molecule has 1 aromatic carbocycles. The Balaban J connectivity index is 1.72. The highest BCUT2D eigenvalue weighted by Crippen LogP contribution is 2.36. The van der Waals surface area contributed by atoms with Gasteiger partial charge in [-0.25, -0.2) is 4.68 Å². The number of para-hydroxylation sites is 1. The van der Waals surface area contributed by atoms with Crippen LogP contribution >= 0.6 is 11.8 Å². The van der Waals surface area contributed by atoms with Crippen LogP contribution in [-0.2, 0) is 4.79 Å². The van der Waals surface area contributed by atoms with Crippen LogP contribution in [0.15, 0.2) is 65.2 Å². The standard InChI is InChI=1S/C23H26N6OS/c1-4-5-13-31-23-27-22-25-16(3)19(21(30)26-18-11-7-6-9-15(18)2)20(29(22)28-23)17-10-8-12-24-14-17/h6-12,14,20H,4-5,13H2,1-3H3,(H,26,30)(H,25,27,28). The summed E-state index contributed by atoms with van der Waals surface area (Å²) in [6, 6.07) is 11.2. The van der Waals surface area contributed by atoms with Gasteiger partial charge in [0.15, 0.2) is 0 Å². The maximum Gasteiger partial charge on any atom is 0.255 e. The van der Waals surface area contributed by atoms with Crippen LogP contribution in [0, 0.1) is 6.92 Å². The number of rotatable bonds is 7. The number of nitrogens with one attached hydrogen (secondary N) is 2. The van der Waals surface area contributed by atoms with Gasteiger partial charge >= 0.3 is 0 Å². The van der Waals surface area contributed by atoms with Gasteiger partial charge in [0.1, 0.15) is 6.04 Å². The molecule has 2 N–H and O–H groups in total. The number of anilines is 2. The summed E-state index contributed by atoms with van der Waals surface area (Å²) in [5.74, 6) is 1.43. The van der Waals surface area contributed by atoms with Crippen LogP contribution in [0.25, 0.3) is 0 Å². The number of hydrogen-bond acceptors (Lipinski definition) is 6. The first-order valence-corrected chi connectivity index (χ1v) is 11.4. The predicted octanol–water partition coefficient (Wildman–Crippen LogP) is 4.80. The largest absolute Gasteiger partial charge is 0.328 e. The predicted molar refractivity (Wildman–Crippen MR) is 124 cm³/mol. The SMILES string of the molecule is CCCCSc1nc2n(n1)C(c1cccnc1)C(C(=O)Nc1ccccc1C)=C(C)N2. The van der Waals surface area contributed by atoms with Crippen LogP contribution in [-0.4, -0.2) is 31.4 Å². The monoisotopic (exact) mass is 434 g/mol. The van der Waals surface area contributed by atoms with Crippen molar-refractivity contribution in [2.45, 2.75) is 44.8 Å². The summed E-state index contributed by atoms with van der Waals surface area (Å²) in [7, 11) is 0. The first kappa shape index (κ1) is 21.1. The molecule has 3 aromatic rings. The Hall–Kier alpha value is -3.13. The number of nitrogens with zero attached hydrogens (tertiary/aromatic N) is 4. The molecule has 0 saturated heterocycles. The Morgan fingerprint density at radius 2 is 2.06 bits per heavy atom. The zero-order valence-electron chi connectivity index (χ0n) is 17.9. The van der Waals surface area contributed by atoms with Crippen LogP contribution in [0.5, 0.6) is 0 Å². The lowest BCUT2D eigenvalue weighted by Gasteiger charge is -2.28. The molecule has 0 fully saturated rings. The molecule has 3 heterocycles. The Bertz CT molecular complexity index is 1110. The fraction of sp³-hybridized carbons (Fsp3) is 0.304. The minimum absolute atomic E-state index is 0.172. The van der Waals surface area contributed by atoms with Crippen molar-refractivity contribution in [3.8, 4) is 0 Å². The van der Waals surface area contributed by atoms with E-state index in [1.165, 1.54) is 0 Å². The zero-order chi connectivity index (χ0) is 21.8. The van der Waals surface area contributed by atoms with Crippen molar-refractivity contribution in [1.82, 2.24) is 19.7 Å². The lowest BCUT2D eigenvalue weighted by Crippen LogP contribution is -2.31. The summed E-state index contributed by atoms with van der Waals surface area (Å²) >= 11 is 1.63. The third kappa shape index (κ3) is 4.49. The quantitative estimate of drug-likeness (QED) is 0.410.